The first kappa shape index (κ1) is 21.1. The molecule has 28 heavy (non-hydrogen) atoms. The van der Waals surface area contributed by atoms with Crippen LogP contribution >= 0.6 is 0 Å². The number of ether oxygens (including phenoxy) is 2. The number of nitriles is 1. The van der Waals surface area contributed by atoms with Gasteiger partial charge in [-0.05, 0) is 50.1 Å². The number of carbonyl (C=O) groups excluding carboxylic acids is 2. The van der Waals surface area contributed by atoms with Crippen LogP contribution in [0.5, 0.6) is 0 Å². The van der Waals surface area contributed by atoms with Crippen LogP contribution in [0.2, 0.25) is 0 Å². The lowest BCUT2D eigenvalue weighted by Gasteiger charge is -2.11. The Kier molecular flexibility index (Phi) is 7.29. The highest BCUT2D eigenvalue weighted by Crippen LogP contribution is 2.20. The maximum absolute atomic E-state index is 12.3. The first-order chi connectivity index (χ1) is 13.4. The summed E-state index contributed by atoms with van der Waals surface area (Å²) in [6.07, 6.45) is 0.852. The smallest absolute Gasteiger partial charge is 0.305 e. The molecule has 0 saturated heterocycles. The molecule has 1 atom stereocenters. The van der Waals surface area contributed by atoms with Gasteiger partial charge in [-0.1, -0.05) is 0 Å². The average molecular weight is 384 g/mol. The lowest BCUT2D eigenvalue weighted by Crippen LogP contribution is -2.36. The van der Waals surface area contributed by atoms with E-state index in [1.165, 1.54) is 14.2 Å². The van der Waals surface area contributed by atoms with Crippen molar-refractivity contribution in [3.05, 3.63) is 46.8 Å². The van der Waals surface area contributed by atoms with Crippen LogP contribution in [0, 0.1) is 25.2 Å². The van der Waals surface area contributed by atoms with Gasteiger partial charge in [-0.25, -0.2) is 4.68 Å². The Morgan fingerprint density at radius 2 is 1.93 bits per heavy atom. The number of methoxy groups -OCH3 is 2. The minimum Gasteiger partial charge on any atom is -0.469 e. The molecule has 1 aromatic carbocycles. The normalized spacial score (nSPS) is 11.5. The Labute approximate surface area is 164 Å². The van der Waals surface area contributed by atoms with E-state index in [0.717, 1.165) is 22.6 Å². The van der Waals surface area contributed by atoms with Crippen LogP contribution in [0.1, 0.15) is 33.7 Å². The van der Waals surface area contributed by atoms with E-state index in [1.807, 2.05) is 19.9 Å². The van der Waals surface area contributed by atoms with Crippen molar-refractivity contribution in [3.63, 3.8) is 0 Å². The number of hydrogen-bond donors (Lipinski definition) is 1. The van der Waals surface area contributed by atoms with E-state index in [9.17, 15) is 9.59 Å². The Morgan fingerprint density at radius 3 is 2.50 bits per heavy atom. The molecule has 0 aliphatic carbocycles. The van der Waals surface area contributed by atoms with Gasteiger partial charge in [0.05, 0.1) is 31.2 Å². The lowest BCUT2D eigenvalue weighted by atomic mass is 10.1. The predicted octanol–water partition coefficient (Wildman–Crippen LogP) is 1.86. The highest BCUT2D eigenvalue weighted by atomic mass is 16.5. The zero-order valence-electron chi connectivity index (χ0n) is 16.5. The van der Waals surface area contributed by atoms with Crippen molar-refractivity contribution >= 4 is 11.9 Å². The second-order valence-corrected chi connectivity index (χ2v) is 6.29. The summed E-state index contributed by atoms with van der Waals surface area (Å²) in [5.41, 5.74) is 4.02. The van der Waals surface area contributed by atoms with Gasteiger partial charge in [0.15, 0.2) is 0 Å². The van der Waals surface area contributed by atoms with Crippen molar-refractivity contribution < 1.29 is 19.1 Å². The van der Waals surface area contributed by atoms with Gasteiger partial charge in [0, 0.05) is 24.8 Å². The molecule has 1 amide bonds. The number of nitrogens with one attached hydrogen (secondary N) is 1. The Balaban J connectivity index is 2.16. The number of aromatic nitrogens is 2. The molecule has 0 aliphatic rings. The molecule has 0 spiro atoms. The van der Waals surface area contributed by atoms with Crippen molar-refractivity contribution in [2.24, 2.45) is 0 Å². The number of rotatable bonds is 8. The second-order valence-electron chi connectivity index (χ2n) is 6.29. The standard InChI is InChI=1S/C20H24N4O4/c1-13-18(9-10-19(25)28-4)14(2)24(23-13)17-7-5-15(6-8-17)20(26)22-16(11-21)12-27-3/h5-8,16H,9-10,12H2,1-4H3,(H,22,26)/t16-/m1/s1. The molecule has 0 fully saturated rings. The molecule has 0 saturated carbocycles. The summed E-state index contributed by atoms with van der Waals surface area (Å²) in [6, 6.07) is 8.20. The van der Waals surface area contributed by atoms with Crippen molar-refractivity contribution in [2.45, 2.75) is 32.7 Å². The van der Waals surface area contributed by atoms with Gasteiger partial charge >= 0.3 is 5.97 Å². The first-order valence-electron chi connectivity index (χ1n) is 8.83. The van der Waals surface area contributed by atoms with Crippen molar-refractivity contribution in [3.8, 4) is 11.8 Å². The maximum atomic E-state index is 12.3. The number of esters is 1. The molecule has 0 radical (unpaired) electrons. The SMILES string of the molecule is COC[C@@H](C#N)NC(=O)c1ccc(-n2nc(C)c(CCC(=O)OC)c2C)cc1. The molecule has 148 valence electrons. The van der Waals surface area contributed by atoms with Crippen molar-refractivity contribution in [2.75, 3.05) is 20.8 Å². The van der Waals surface area contributed by atoms with Crippen LogP contribution in [-0.4, -0.2) is 48.5 Å². The fourth-order valence-electron chi connectivity index (χ4n) is 2.89. The third-order valence-electron chi connectivity index (χ3n) is 4.42. The fraction of sp³-hybridized carbons (Fsp3) is 0.400. The largest absolute Gasteiger partial charge is 0.469 e. The zero-order chi connectivity index (χ0) is 20.7. The Bertz CT molecular complexity index is 881. The van der Waals surface area contributed by atoms with Crippen molar-refractivity contribution in [1.29, 1.82) is 5.26 Å². The van der Waals surface area contributed by atoms with E-state index < -0.39 is 6.04 Å². The highest BCUT2D eigenvalue weighted by molar-refractivity contribution is 5.94. The van der Waals surface area contributed by atoms with Gasteiger partial charge < -0.3 is 14.8 Å². The lowest BCUT2D eigenvalue weighted by molar-refractivity contribution is -0.140. The summed E-state index contributed by atoms with van der Waals surface area (Å²) in [4.78, 5) is 23.7. The molecule has 0 aliphatic heterocycles. The van der Waals surface area contributed by atoms with Gasteiger partial charge in [0.2, 0.25) is 0 Å². The quantitative estimate of drug-likeness (QED) is 0.697. The number of benzene rings is 1. The van der Waals surface area contributed by atoms with Crippen LogP contribution in [0.15, 0.2) is 24.3 Å². The van der Waals surface area contributed by atoms with E-state index in [2.05, 4.69) is 10.4 Å². The van der Waals surface area contributed by atoms with Gasteiger partial charge in [0.25, 0.3) is 5.91 Å². The summed E-state index contributed by atoms with van der Waals surface area (Å²) in [6.45, 7) is 3.96. The van der Waals surface area contributed by atoms with Gasteiger partial charge in [-0.15, -0.1) is 0 Å². The number of amides is 1. The maximum Gasteiger partial charge on any atom is 0.305 e. The molecule has 0 bridgehead atoms. The van der Waals surface area contributed by atoms with Gasteiger partial charge in [0.1, 0.15) is 6.04 Å². The Morgan fingerprint density at radius 1 is 1.25 bits per heavy atom. The molecule has 2 aromatic rings. The van der Waals surface area contributed by atoms with Crippen LogP contribution in [0.4, 0.5) is 0 Å². The number of carbonyl (C=O) groups is 2. The van der Waals surface area contributed by atoms with E-state index in [1.54, 1.807) is 28.9 Å². The molecule has 1 N–H and O–H groups in total. The molecular formula is C20H24N4O4. The van der Waals surface area contributed by atoms with Crippen LogP contribution in [-0.2, 0) is 20.7 Å². The summed E-state index contributed by atoms with van der Waals surface area (Å²) in [7, 11) is 2.84. The highest BCUT2D eigenvalue weighted by Gasteiger charge is 2.16. The van der Waals surface area contributed by atoms with Crippen LogP contribution in [0.25, 0.3) is 5.69 Å². The van der Waals surface area contributed by atoms with E-state index in [4.69, 9.17) is 14.7 Å². The first-order valence-corrected chi connectivity index (χ1v) is 8.83. The number of nitrogens with zero attached hydrogens (tertiary/aromatic N) is 3. The van der Waals surface area contributed by atoms with Crippen molar-refractivity contribution in [1.82, 2.24) is 15.1 Å². The number of aryl methyl sites for hydroxylation is 1. The third kappa shape index (κ3) is 4.96. The molecule has 1 aromatic heterocycles. The Hall–Kier alpha value is -3.18. The minimum absolute atomic E-state index is 0.125. The molecule has 2 rings (SSSR count). The topological polar surface area (TPSA) is 106 Å². The molecule has 8 nitrogen and oxygen atoms in total. The molecule has 8 heteroatoms. The van der Waals surface area contributed by atoms with Gasteiger partial charge in [-0.2, -0.15) is 10.4 Å². The third-order valence-corrected chi connectivity index (χ3v) is 4.42. The fourth-order valence-corrected chi connectivity index (χ4v) is 2.89. The van der Waals surface area contributed by atoms with Gasteiger partial charge in [-0.3, -0.25) is 9.59 Å². The molecule has 0 unspecified atom stereocenters. The van der Waals surface area contributed by atoms with E-state index in [-0.39, 0.29) is 18.5 Å². The summed E-state index contributed by atoms with van der Waals surface area (Å²) < 4.78 is 11.4. The van der Waals surface area contributed by atoms with E-state index >= 15 is 0 Å². The summed E-state index contributed by atoms with van der Waals surface area (Å²) in [5, 5.41) is 16.2. The van der Waals surface area contributed by atoms with Crippen LogP contribution < -0.4 is 5.32 Å². The zero-order valence-corrected chi connectivity index (χ0v) is 16.5. The monoisotopic (exact) mass is 384 g/mol. The summed E-state index contributed by atoms with van der Waals surface area (Å²) >= 11 is 0. The predicted molar refractivity (Wildman–Crippen MR) is 102 cm³/mol. The molecular weight excluding hydrogens is 360 g/mol. The average Bonchev–Trinajstić information content (AvgIpc) is 2.99. The van der Waals surface area contributed by atoms with E-state index in [0.29, 0.717) is 18.4 Å². The summed E-state index contributed by atoms with van der Waals surface area (Å²) in [5.74, 6) is -0.603. The second kappa shape index (κ2) is 9.67. The molecule has 1 heterocycles. The van der Waals surface area contributed by atoms with Crippen LogP contribution in [0.3, 0.4) is 0 Å². The number of hydrogen-bond acceptors (Lipinski definition) is 6. The minimum atomic E-state index is -0.703.